The van der Waals surface area contributed by atoms with Gasteiger partial charge in [0.25, 0.3) is 0 Å². The van der Waals surface area contributed by atoms with Crippen LogP contribution in [0.15, 0.2) is 36.5 Å². The fraction of sp³-hybridized carbons (Fsp3) is 0.250. The first-order valence-electron chi connectivity index (χ1n) is 6.75. The summed E-state index contributed by atoms with van der Waals surface area (Å²) in [5, 5.41) is 2.80. The van der Waals surface area contributed by atoms with E-state index in [1.54, 1.807) is 55.1 Å². The normalized spacial score (nSPS) is 11.6. The monoisotopic (exact) mass is 302 g/mol. The van der Waals surface area contributed by atoms with E-state index in [2.05, 4.69) is 5.32 Å². The maximum atomic E-state index is 12.3. The maximum absolute atomic E-state index is 12.3. The van der Waals surface area contributed by atoms with Crippen LogP contribution in [-0.2, 0) is 4.79 Å². The molecular weight excluding hydrogens is 284 g/mol. The quantitative estimate of drug-likeness (QED) is 0.832. The van der Waals surface area contributed by atoms with Crippen molar-refractivity contribution in [2.45, 2.75) is 13.0 Å². The van der Waals surface area contributed by atoms with Gasteiger partial charge in [0.15, 0.2) is 17.8 Å². The minimum absolute atomic E-state index is 0.230. The molecule has 6 heteroatoms. The average Bonchev–Trinajstić information content (AvgIpc) is 3.02. The Labute approximate surface area is 128 Å². The second kappa shape index (κ2) is 6.80. The minimum atomic E-state index is -0.511. The predicted octanol–water partition coefficient (Wildman–Crippen LogP) is 2.52. The van der Waals surface area contributed by atoms with Gasteiger partial charge in [0, 0.05) is 18.0 Å². The van der Waals surface area contributed by atoms with Gasteiger partial charge in [-0.1, -0.05) is 0 Å². The lowest BCUT2D eigenvalue weighted by Crippen LogP contribution is -2.24. The Morgan fingerprint density at radius 2 is 1.95 bits per heavy atom. The van der Waals surface area contributed by atoms with Crippen molar-refractivity contribution >= 4 is 17.9 Å². The Kier molecular flexibility index (Phi) is 4.83. The molecule has 0 fully saturated rings. The third-order valence-corrected chi connectivity index (χ3v) is 3.38. The van der Waals surface area contributed by atoms with Crippen LogP contribution in [0.4, 0.5) is 5.69 Å². The maximum Gasteiger partial charge on any atom is 0.247 e. The molecule has 1 unspecified atom stereocenters. The van der Waals surface area contributed by atoms with E-state index in [4.69, 9.17) is 9.47 Å². The molecule has 1 heterocycles. The first kappa shape index (κ1) is 15.6. The van der Waals surface area contributed by atoms with Crippen LogP contribution in [0.1, 0.15) is 23.5 Å². The molecule has 0 saturated heterocycles. The van der Waals surface area contributed by atoms with Gasteiger partial charge in [-0.2, -0.15) is 0 Å². The van der Waals surface area contributed by atoms with Crippen molar-refractivity contribution in [3.05, 3.63) is 42.2 Å². The number of rotatable bonds is 6. The number of anilines is 1. The molecule has 116 valence electrons. The minimum Gasteiger partial charge on any atom is -0.493 e. The third kappa shape index (κ3) is 3.11. The third-order valence-electron chi connectivity index (χ3n) is 3.38. The van der Waals surface area contributed by atoms with Crippen LogP contribution in [0.3, 0.4) is 0 Å². The summed E-state index contributed by atoms with van der Waals surface area (Å²) in [5.41, 5.74) is 1.05. The molecule has 0 saturated carbocycles. The average molecular weight is 302 g/mol. The van der Waals surface area contributed by atoms with E-state index in [1.807, 2.05) is 0 Å². The summed E-state index contributed by atoms with van der Waals surface area (Å²) in [5.74, 6) is 0.885. The van der Waals surface area contributed by atoms with Crippen molar-refractivity contribution in [2.24, 2.45) is 0 Å². The van der Waals surface area contributed by atoms with Crippen molar-refractivity contribution in [2.75, 3.05) is 19.5 Å². The fourth-order valence-corrected chi connectivity index (χ4v) is 2.15. The predicted molar refractivity (Wildman–Crippen MR) is 82.7 cm³/mol. The molecule has 0 aliphatic carbocycles. The van der Waals surface area contributed by atoms with Gasteiger partial charge in [0.05, 0.1) is 19.9 Å². The Morgan fingerprint density at radius 3 is 2.59 bits per heavy atom. The van der Waals surface area contributed by atoms with Crippen LogP contribution < -0.4 is 14.8 Å². The Morgan fingerprint density at radius 1 is 1.23 bits per heavy atom. The van der Waals surface area contributed by atoms with Gasteiger partial charge < -0.3 is 19.4 Å². The number of nitrogens with zero attached hydrogens (tertiary/aromatic N) is 1. The van der Waals surface area contributed by atoms with Gasteiger partial charge in [-0.15, -0.1) is 0 Å². The number of hydrogen-bond acceptors (Lipinski definition) is 4. The molecule has 2 rings (SSSR count). The summed E-state index contributed by atoms with van der Waals surface area (Å²) < 4.78 is 12.0. The van der Waals surface area contributed by atoms with Crippen LogP contribution >= 0.6 is 0 Å². The SMILES string of the molecule is COc1ccc(NC(=O)C(C)n2cccc2C=O)cc1OC. The molecule has 1 aromatic carbocycles. The van der Waals surface area contributed by atoms with E-state index < -0.39 is 6.04 Å². The molecule has 1 N–H and O–H groups in total. The smallest absolute Gasteiger partial charge is 0.247 e. The lowest BCUT2D eigenvalue weighted by Gasteiger charge is -2.16. The summed E-state index contributed by atoms with van der Waals surface area (Å²) >= 11 is 0. The number of benzene rings is 1. The number of hydrogen-bond donors (Lipinski definition) is 1. The van der Waals surface area contributed by atoms with Gasteiger partial charge in [-0.05, 0) is 31.2 Å². The Balaban J connectivity index is 2.16. The van der Waals surface area contributed by atoms with Crippen LogP contribution in [0.2, 0.25) is 0 Å². The highest BCUT2D eigenvalue weighted by Gasteiger charge is 2.17. The second-order valence-corrected chi connectivity index (χ2v) is 4.69. The topological polar surface area (TPSA) is 69.6 Å². The zero-order valence-electron chi connectivity index (χ0n) is 12.7. The number of amides is 1. The van der Waals surface area contributed by atoms with Crippen molar-refractivity contribution in [1.82, 2.24) is 4.57 Å². The van der Waals surface area contributed by atoms with E-state index in [-0.39, 0.29) is 5.91 Å². The number of carbonyl (C=O) groups excluding carboxylic acids is 2. The molecule has 1 atom stereocenters. The molecular formula is C16H18N2O4. The molecule has 0 aliphatic rings. The van der Waals surface area contributed by atoms with Crippen molar-refractivity contribution in [3.63, 3.8) is 0 Å². The molecule has 0 bridgehead atoms. The fourth-order valence-electron chi connectivity index (χ4n) is 2.15. The van der Waals surface area contributed by atoms with E-state index >= 15 is 0 Å². The number of carbonyl (C=O) groups is 2. The largest absolute Gasteiger partial charge is 0.493 e. The Bertz CT molecular complexity index is 679. The second-order valence-electron chi connectivity index (χ2n) is 4.69. The number of aromatic nitrogens is 1. The van der Waals surface area contributed by atoms with Crippen molar-refractivity contribution in [3.8, 4) is 11.5 Å². The van der Waals surface area contributed by atoms with Gasteiger partial charge in [0.1, 0.15) is 6.04 Å². The van der Waals surface area contributed by atoms with Crippen LogP contribution in [-0.4, -0.2) is 31.0 Å². The van der Waals surface area contributed by atoms with Gasteiger partial charge in [-0.25, -0.2) is 0 Å². The van der Waals surface area contributed by atoms with E-state index in [0.29, 0.717) is 22.9 Å². The summed E-state index contributed by atoms with van der Waals surface area (Å²) in [4.78, 5) is 23.3. The van der Waals surface area contributed by atoms with Crippen molar-refractivity contribution in [1.29, 1.82) is 0 Å². The van der Waals surface area contributed by atoms with Gasteiger partial charge in [0.2, 0.25) is 5.91 Å². The highest BCUT2D eigenvalue weighted by molar-refractivity contribution is 5.94. The van der Waals surface area contributed by atoms with E-state index in [9.17, 15) is 9.59 Å². The summed E-state index contributed by atoms with van der Waals surface area (Å²) in [6.45, 7) is 1.73. The zero-order valence-corrected chi connectivity index (χ0v) is 12.7. The summed E-state index contributed by atoms with van der Waals surface area (Å²) in [6.07, 6.45) is 2.42. The van der Waals surface area contributed by atoms with E-state index in [0.717, 1.165) is 6.29 Å². The standard InChI is InChI=1S/C16H18N2O4/c1-11(18-8-4-5-13(18)10-19)16(20)17-12-6-7-14(21-2)15(9-12)22-3/h4-11H,1-3H3,(H,17,20). The van der Waals surface area contributed by atoms with E-state index in [1.165, 1.54) is 7.11 Å². The molecule has 6 nitrogen and oxygen atoms in total. The molecule has 2 aromatic rings. The van der Waals surface area contributed by atoms with Crippen LogP contribution in [0.5, 0.6) is 11.5 Å². The highest BCUT2D eigenvalue weighted by Crippen LogP contribution is 2.30. The number of ether oxygens (including phenoxy) is 2. The van der Waals surface area contributed by atoms with Gasteiger partial charge in [-0.3, -0.25) is 9.59 Å². The highest BCUT2D eigenvalue weighted by atomic mass is 16.5. The molecule has 1 amide bonds. The molecule has 0 spiro atoms. The summed E-state index contributed by atoms with van der Waals surface area (Å²) in [7, 11) is 3.08. The first-order chi connectivity index (χ1) is 10.6. The number of methoxy groups -OCH3 is 2. The number of nitrogens with one attached hydrogen (secondary N) is 1. The van der Waals surface area contributed by atoms with Crippen LogP contribution in [0, 0.1) is 0 Å². The lowest BCUT2D eigenvalue weighted by molar-refractivity contribution is -0.118. The Hall–Kier alpha value is -2.76. The van der Waals surface area contributed by atoms with Gasteiger partial charge >= 0.3 is 0 Å². The molecule has 0 aliphatic heterocycles. The lowest BCUT2D eigenvalue weighted by atomic mass is 10.2. The first-order valence-corrected chi connectivity index (χ1v) is 6.75. The molecule has 1 aromatic heterocycles. The number of aldehydes is 1. The molecule has 22 heavy (non-hydrogen) atoms. The molecule has 0 radical (unpaired) electrons. The zero-order chi connectivity index (χ0) is 16.1. The summed E-state index contributed by atoms with van der Waals surface area (Å²) in [6, 6.07) is 7.99. The van der Waals surface area contributed by atoms with Crippen molar-refractivity contribution < 1.29 is 19.1 Å². The van der Waals surface area contributed by atoms with Crippen LogP contribution in [0.25, 0.3) is 0 Å².